The number of benzene rings is 2. The van der Waals surface area contributed by atoms with Crippen molar-refractivity contribution in [3.05, 3.63) is 85.8 Å². The minimum atomic E-state index is -1.30. The number of halogens is 1. The number of aryl methyl sites for hydroxylation is 1. The number of hydrogen-bond acceptors (Lipinski definition) is 14. The minimum absolute atomic E-state index is 0.0981. The van der Waals surface area contributed by atoms with E-state index in [0.29, 0.717) is 43.0 Å². The number of carbonyl (C=O) groups excluding carboxylic acids is 2. The minimum Gasteiger partial charge on any atom is -0.484 e. The molecule has 4 aromatic rings. The Labute approximate surface area is 359 Å². The van der Waals surface area contributed by atoms with Gasteiger partial charge in [0.1, 0.15) is 22.7 Å². The molecule has 59 heavy (non-hydrogen) atoms. The second kappa shape index (κ2) is 16.0. The molecule has 4 spiro atoms. The molecule has 0 radical (unpaired) electrons. The van der Waals surface area contributed by atoms with Crippen LogP contribution in [0.3, 0.4) is 0 Å². The fourth-order valence-electron chi connectivity index (χ4n) is 8.76. The molecular weight excluding hydrogens is 859 g/mol. The lowest BCUT2D eigenvalue weighted by molar-refractivity contribution is -0.139. The summed E-state index contributed by atoms with van der Waals surface area (Å²) in [5.41, 5.74) is 12.1. The van der Waals surface area contributed by atoms with Gasteiger partial charge in [0.25, 0.3) is 11.8 Å². The first kappa shape index (κ1) is 41.4. The lowest BCUT2D eigenvalue weighted by atomic mass is 9.74. The van der Waals surface area contributed by atoms with E-state index in [-0.39, 0.29) is 23.7 Å². The van der Waals surface area contributed by atoms with Gasteiger partial charge in [-0.05, 0) is 103 Å². The molecule has 6 N–H and O–H groups in total. The molecule has 2 fully saturated rings. The highest BCUT2D eigenvalue weighted by molar-refractivity contribution is 9.10. The van der Waals surface area contributed by atoms with E-state index >= 15 is 0 Å². The number of likely N-dealkylation sites (N-methyl/N-ethyl adjacent to an activating group) is 2. The van der Waals surface area contributed by atoms with Gasteiger partial charge in [-0.2, -0.15) is 11.3 Å². The molecule has 2 saturated heterocycles. The third-order valence-electron chi connectivity index (χ3n) is 11.7. The third kappa shape index (κ3) is 7.57. The quantitative estimate of drug-likeness (QED) is 0.212. The van der Waals surface area contributed by atoms with E-state index in [9.17, 15) is 9.59 Å². The molecule has 2 aromatic heterocycles. The number of amides is 2. The Morgan fingerprint density at radius 1 is 0.797 bits per heavy atom. The van der Waals surface area contributed by atoms with Gasteiger partial charge in [-0.3, -0.25) is 19.4 Å². The van der Waals surface area contributed by atoms with Crippen molar-refractivity contribution < 1.29 is 38.6 Å². The van der Waals surface area contributed by atoms with Crippen LogP contribution < -0.4 is 26.4 Å². The molecule has 0 bridgehead atoms. The van der Waals surface area contributed by atoms with Crippen molar-refractivity contribution in [3.8, 4) is 21.9 Å². The Balaban J connectivity index is 0.000000140. The zero-order valence-corrected chi connectivity index (χ0v) is 36.2. The van der Waals surface area contributed by atoms with E-state index in [1.807, 2.05) is 30.3 Å². The SMILES string of the molecule is CN1C(=O)C2(CC3(CCCOC3)Oc3ccc(Br)cc32)N=C1N.Cc1ccc(-c2ccc3c(c2)C2(CC4(CCCOC4)O3)N=C(N)N(C)C2=O)s1.OB(O)c1ccsc1. The van der Waals surface area contributed by atoms with Gasteiger partial charge >= 0.3 is 7.12 Å². The average Bonchev–Trinajstić information content (AvgIpc) is 4.01. The van der Waals surface area contributed by atoms with Crippen molar-refractivity contribution in [1.29, 1.82) is 0 Å². The van der Waals surface area contributed by atoms with Crippen molar-refractivity contribution in [3.63, 3.8) is 0 Å². The molecule has 2 aromatic carbocycles. The number of guanidine groups is 2. The van der Waals surface area contributed by atoms with Gasteiger partial charge in [-0.25, -0.2) is 9.98 Å². The van der Waals surface area contributed by atoms with Crippen LogP contribution in [0.15, 0.2) is 79.8 Å². The average molecular weight is 906 g/mol. The van der Waals surface area contributed by atoms with E-state index in [0.717, 1.165) is 64.9 Å². The molecule has 6 aliphatic rings. The molecule has 18 heteroatoms. The molecule has 14 nitrogen and oxygen atoms in total. The molecule has 4 unspecified atom stereocenters. The number of hydrogen-bond donors (Lipinski definition) is 4. The highest BCUT2D eigenvalue weighted by atomic mass is 79.9. The maximum Gasteiger partial charge on any atom is 0.489 e. The lowest BCUT2D eigenvalue weighted by Crippen LogP contribution is -2.55. The molecular formula is C41H46BBrN6O8S2. The van der Waals surface area contributed by atoms with Crippen molar-refractivity contribution in [2.75, 3.05) is 40.5 Å². The lowest BCUT2D eigenvalue weighted by Gasteiger charge is -2.46. The van der Waals surface area contributed by atoms with Gasteiger partial charge in [0.2, 0.25) is 0 Å². The number of fused-ring (bicyclic) bond motifs is 4. The summed E-state index contributed by atoms with van der Waals surface area (Å²) >= 11 is 6.65. The monoisotopic (exact) mass is 904 g/mol. The predicted octanol–water partition coefficient (Wildman–Crippen LogP) is 4.23. The van der Waals surface area contributed by atoms with Gasteiger partial charge < -0.3 is 40.5 Å². The maximum absolute atomic E-state index is 13.4. The number of thiophene rings is 2. The van der Waals surface area contributed by atoms with E-state index < -0.39 is 29.4 Å². The number of nitrogens with two attached hydrogens (primary N) is 2. The van der Waals surface area contributed by atoms with Gasteiger partial charge in [-0.1, -0.05) is 22.0 Å². The van der Waals surface area contributed by atoms with Crippen molar-refractivity contribution in [2.45, 2.75) is 67.7 Å². The summed E-state index contributed by atoms with van der Waals surface area (Å²) in [5.74, 6) is 1.68. The summed E-state index contributed by atoms with van der Waals surface area (Å²) in [5, 5.41) is 20.4. The summed E-state index contributed by atoms with van der Waals surface area (Å²) in [7, 11) is 2.04. The van der Waals surface area contributed by atoms with Crippen molar-refractivity contribution in [1.82, 2.24) is 9.80 Å². The molecule has 6 aliphatic heterocycles. The molecule has 310 valence electrons. The molecule has 0 saturated carbocycles. The van der Waals surface area contributed by atoms with Crippen LogP contribution in [0.1, 0.15) is 54.5 Å². The van der Waals surface area contributed by atoms with E-state index in [1.54, 1.807) is 42.3 Å². The normalized spacial score (nSPS) is 27.9. The molecule has 4 atom stereocenters. The molecule has 0 aliphatic carbocycles. The Morgan fingerprint density at radius 3 is 1.78 bits per heavy atom. The van der Waals surface area contributed by atoms with Crippen LogP contribution >= 0.6 is 38.6 Å². The number of rotatable bonds is 2. The first-order chi connectivity index (χ1) is 28.2. The highest BCUT2D eigenvalue weighted by Gasteiger charge is 2.60. The standard InChI is InChI=1S/C21H23N3O3S.C16H18BrN3O3.C4H5BO2S/c1-13-4-7-17(28-13)14-5-6-16-15(10-14)21(18(25)24(2)19(22)23-21)11-20(27-16)8-3-9-26-12-20;1-20-13(21)16(19-14(20)18)8-15(5-2-6-22-9-15)23-12-4-3-10(17)7-11(12)16;6-5(7)4-1-2-8-3-4/h4-7,10H,3,8-9,11-12H2,1-2H3,(H2,22,23);3-4,7H,2,5-6,8-9H2,1H3,(H2,18,19);1-3,6-7H. The molecule has 2 amide bonds. The van der Waals surface area contributed by atoms with Crippen LogP contribution in [-0.2, 0) is 30.1 Å². The Bertz CT molecular complexity index is 2310. The van der Waals surface area contributed by atoms with Crippen LogP contribution in [-0.4, -0.2) is 102 Å². The van der Waals surface area contributed by atoms with Gasteiger partial charge in [0.15, 0.2) is 23.0 Å². The van der Waals surface area contributed by atoms with Crippen LogP contribution in [0.2, 0.25) is 0 Å². The van der Waals surface area contributed by atoms with Crippen LogP contribution in [0.5, 0.6) is 11.5 Å². The second-order valence-electron chi connectivity index (χ2n) is 15.8. The first-order valence-corrected chi connectivity index (χ1v) is 21.9. The van der Waals surface area contributed by atoms with Crippen LogP contribution in [0.4, 0.5) is 0 Å². The summed E-state index contributed by atoms with van der Waals surface area (Å²) in [6.07, 6.45) is 4.40. The summed E-state index contributed by atoms with van der Waals surface area (Å²) in [6, 6.07) is 17.6. The summed E-state index contributed by atoms with van der Waals surface area (Å²) < 4.78 is 25.0. The number of nitrogens with zero attached hydrogens (tertiary/aromatic N) is 4. The molecule has 8 heterocycles. The highest BCUT2D eigenvalue weighted by Crippen LogP contribution is 2.53. The fraction of sp³-hybridized carbons (Fsp3) is 0.415. The first-order valence-electron chi connectivity index (χ1n) is 19.4. The van der Waals surface area contributed by atoms with Crippen LogP contribution in [0.25, 0.3) is 10.4 Å². The third-order valence-corrected chi connectivity index (χ3v) is 13.9. The van der Waals surface area contributed by atoms with E-state index in [1.165, 1.54) is 26.0 Å². The second-order valence-corrected chi connectivity index (χ2v) is 18.8. The zero-order chi connectivity index (χ0) is 41.7. The van der Waals surface area contributed by atoms with Gasteiger partial charge in [-0.15, -0.1) is 11.3 Å². The zero-order valence-electron chi connectivity index (χ0n) is 33.0. The number of carbonyl (C=O) groups is 2. The number of aliphatic imine (C=N–C) groups is 2. The van der Waals surface area contributed by atoms with Crippen molar-refractivity contribution in [2.24, 2.45) is 21.5 Å². The Kier molecular flexibility index (Phi) is 11.2. The largest absolute Gasteiger partial charge is 0.489 e. The van der Waals surface area contributed by atoms with E-state index in [2.05, 4.69) is 46.0 Å². The smallest absolute Gasteiger partial charge is 0.484 e. The maximum atomic E-state index is 13.4. The fourth-order valence-corrected chi connectivity index (χ4v) is 10.7. The summed E-state index contributed by atoms with van der Waals surface area (Å²) in [6.45, 7) is 4.47. The van der Waals surface area contributed by atoms with E-state index in [4.69, 9.17) is 45.5 Å². The molecule has 10 rings (SSSR count). The van der Waals surface area contributed by atoms with Crippen LogP contribution in [0, 0.1) is 6.92 Å². The Morgan fingerprint density at radius 2 is 1.36 bits per heavy atom. The summed E-state index contributed by atoms with van der Waals surface area (Å²) in [4.78, 5) is 41.0. The van der Waals surface area contributed by atoms with Gasteiger partial charge in [0.05, 0.1) is 13.2 Å². The Hall–Kier alpha value is -4.30. The van der Waals surface area contributed by atoms with Crippen molar-refractivity contribution >= 4 is 74.9 Å². The van der Waals surface area contributed by atoms with Gasteiger partial charge in [0, 0.05) is 65.5 Å². The number of ether oxygens (including phenoxy) is 4. The topological polar surface area (TPSA) is 195 Å². The predicted molar refractivity (Wildman–Crippen MR) is 231 cm³/mol.